The topological polar surface area (TPSA) is 88.8 Å². The lowest BCUT2D eigenvalue weighted by molar-refractivity contribution is -0.127. The third kappa shape index (κ3) is 3.65. The number of ether oxygens (including phenoxy) is 1. The molecule has 0 aliphatic heterocycles. The number of benzene rings is 1. The van der Waals surface area contributed by atoms with Gasteiger partial charge in [-0.3, -0.25) is 4.79 Å². The van der Waals surface area contributed by atoms with E-state index in [1.54, 1.807) is 19.1 Å². The maximum atomic E-state index is 12.1. The second-order valence-electron chi connectivity index (χ2n) is 6.11. The van der Waals surface area contributed by atoms with E-state index in [0.717, 1.165) is 35.8 Å². The van der Waals surface area contributed by atoms with Crippen LogP contribution in [0.4, 0.5) is 0 Å². The highest BCUT2D eigenvalue weighted by Gasteiger charge is 2.22. The minimum Gasteiger partial charge on any atom is -0.479 e. The molecule has 1 amide bonds. The fourth-order valence-corrected chi connectivity index (χ4v) is 3.26. The molecule has 6 nitrogen and oxygen atoms in total. The minimum atomic E-state index is -0.769. The van der Waals surface area contributed by atoms with Gasteiger partial charge in [-0.15, -0.1) is 0 Å². The summed E-state index contributed by atoms with van der Waals surface area (Å²) in [6, 6.07) is 3.30. The Morgan fingerprint density at radius 3 is 2.92 bits per heavy atom. The van der Waals surface area contributed by atoms with Gasteiger partial charge in [0, 0.05) is 30.2 Å². The smallest absolute Gasteiger partial charge is 0.339 e. The van der Waals surface area contributed by atoms with Crippen molar-refractivity contribution in [2.45, 2.75) is 38.7 Å². The molecule has 1 atom stereocenters. The molecule has 0 spiro atoms. The van der Waals surface area contributed by atoms with Crippen LogP contribution in [0.5, 0.6) is 5.75 Å². The minimum absolute atomic E-state index is 0.00930. The van der Waals surface area contributed by atoms with Crippen molar-refractivity contribution in [1.82, 2.24) is 5.32 Å². The van der Waals surface area contributed by atoms with Crippen LogP contribution in [0.1, 0.15) is 30.9 Å². The number of hydrogen-bond donors (Lipinski definition) is 2. The number of carbonyl (C=O) groups is 1. The monoisotopic (exact) mass is 365 g/mol. The highest BCUT2D eigenvalue weighted by molar-refractivity contribution is 6.32. The first kappa shape index (κ1) is 17.8. The van der Waals surface area contributed by atoms with E-state index in [1.807, 2.05) is 0 Å². The van der Waals surface area contributed by atoms with E-state index < -0.39 is 6.10 Å². The Morgan fingerprint density at radius 2 is 2.16 bits per heavy atom. The molecule has 0 fully saturated rings. The maximum Gasteiger partial charge on any atom is 0.339 e. The number of halogens is 1. The first-order valence-electron chi connectivity index (χ1n) is 8.34. The number of aliphatic hydroxyl groups excluding tert-OH is 1. The van der Waals surface area contributed by atoms with Crippen LogP contribution < -0.4 is 15.7 Å². The number of aryl methyl sites for hydroxylation is 1. The summed E-state index contributed by atoms with van der Waals surface area (Å²) in [6.07, 6.45) is 2.20. The Kier molecular flexibility index (Phi) is 5.30. The third-order valence-electron chi connectivity index (χ3n) is 4.33. The molecule has 0 bridgehead atoms. The number of aliphatic hydroxyl groups is 1. The van der Waals surface area contributed by atoms with E-state index in [4.69, 9.17) is 25.9 Å². The summed E-state index contributed by atoms with van der Waals surface area (Å²) in [4.78, 5) is 24.0. The van der Waals surface area contributed by atoms with Gasteiger partial charge in [-0.05, 0) is 44.2 Å². The van der Waals surface area contributed by atoms with Gasteiger partial charge in [-0.1, -0.05) is 11.6 Å². The standard InChI is InChI=1S/C18H20ClNO5/c1-10(17(22)20-6-3-7-21)24-16-9-15-13(8-14(16)19)11-4-2-5-12(11)18(23)25-15/h8-10,21H,2-7H2,1H3,(H,20,22)/t10-/m0/s1. The summed E-state index contributed by atoms with van der Waals surface area (Å²) in [5.41, 5.74) is 1.82. The molecule has 134 valence electrons. The summed E-state index contributed by atoms with van der Waals surface area (Å²) in [5, 5.41) is 12.6. The average molecular weight is 366 g/mol. The van der Waals surface area contributed by atoms with Crippen molar-refractivity contribution in [3.8, 4) is 5.75 Å². The van der Waals surface area contributed by atoms with Crippen LogP contribution >= 0.6 is 11.6 Å². The van der Waals surface area contributed by atoms with Crippen molar-refractivity contribution in [2.24, 2.45) is 0 Å². The maximum absolute atomic E-state index is 12.1. The van der Waals surface area contributed by atoms with Gasteiger partial charge in [-0.2, -0.15) is 0 Å². The van der Waals surface area contributed by atoms with E-state index >= 15 is 0 Å². The lowest BCUT2D eigenvalue weighted by atomic mass is 10.1. The van der Waals surface area contributed by atoms with Gasteiger partial charge in [-0.25, -0.2) is 4.79 Å². The SMILES string of the molecule is C[C@H](Oc1cc2oc(=O)c3c(c2cc1Cl)CCC3)C(=O)NCCCO. The zero-order valence-electron chi connectivity index (χ0n) is 13.9. The molecule has 1 aliphatic rings. The molecule has 1 aromatic heterocycles. The molecule has 2 N–H and O–H groups in total. The predicted molar refractivity (Wildman–Crippen MR) is 94.3 cm³/mol. The van der Waals surface area contributed by atoms with Crippen molar-refractivity contribution in [2.75, 3.05) is 13.2 Å². The number of rotatable bonds is 6. The van der Waals surface area contributed by atoms with E-state index in [-0.39, 0.29) is 18.1 Å². The molecule has 1 heterocycles. The quantitative estimate of drug-likeness (QED) is 0.605. The van der Waals surface area contributed by atoms with E-state index in [1.165, 1.54) is 0 Å². The second-order valence-corrected chi connectivity index (χ2v) is 6.51. The molecule has 7 heteroatoms. The van der Waals surface area contributed by atoms with Gasteiger partial charge in [0.25, 0.3) is 5.91 Å². The molecule has 0 radical (unpaired) electrons. The summed E-state index contributed by atoms with van der Waals surface area (Å²) in [5.74, 6) is -0.0138. The molecule has 1 aliphatic carbocycles. The van der Waals surface area contributed by atoms with Gasteiger partial charge in [0.05, 0.1) is 5.02 Å². The van der Waals surface area contributed by atoms with Crippen molar-refractivity contribution in [1.29, 1.82) is 0 Å². The van der Waals surface area contributed by atoms with Gasteiger partial charge >= 0.3 is 5.63 Å². The first-order valence-corrected chi connectivity index (χ1v) is 8.72. The largest absolute Gasteiger partial charge is 0.479 e. The fraction of sp³-hybridized carbons (Fsp3) is 0.444. The summed E-state index contributed by atoms with van der Waals surface area (Å²) in [6.45, 7) is 1.98. The van der Waals surface area contributed by atoms with Gasteiger partial charge in [0.15, 0.2) is 6.10 Å². The lowest BCUT2D eigenvalue weighted by Gasteiger charge is -2.16. The van der Waals surface area contributed by atoms with E-state index in [9.17, 15) is 9.59 Å². The molecule has 0 unspecified atom stereocenters. The number of nitrogens with one attached hydrogen (secondary N) is 1. The normalized spacial score (nSPS) is 14.4. The number of fused-ring (bicyclic) bond motifs is 3. The zero-order valence-corrected chi connectivity index (χ0v) is 14.7. The van der Waals surface area contributed by atoms with Crippen LogP contribution in [0.15, 0.2) is 21.3 Å². The van der Waals surface area contributed by atoms with Crippen LogP contribution in [0.25, 0.3) is 11.0 Å². The molecule has 0 saturated carbocycles. The second kappa shape index (κ2) is 7.45. The molecule has 25 heavy (non-hydrogen) atoms. The van der Waals surface area contributed by atoms with Crippen LogP contribution in [0.3, 0.4) is 0 Å². The Morgan fingerprint density at radius 1 is 1.40 bits per heavy atom. The lowest BCUT2D eigenvalue weighted by Crippen LogP contribution is -2.37. The van der Waals surface area contributed by atoms with Gasteiger partial charge < -0.3 is 19.6 Å². The third-order valence-corrected chi connectivity index (χ3v) is 4.63. The van der Waals surface area contributed by atoms with E-state index in [0.29, 0.717) is 29.3 Å². The predicted octanol–water partition coefficient (Wildman–Crippen LogP) is 2.20. The van der Waals surface area contributed by atoms with Crippen molar-refractivity contribution in [3.05, 3.63) is 38.7 Å². The van der Waals surface area contributed by atoms with Crippen molar-refractivity contribution >= 4 is 28.5 Å². The average Bonchev–Trinajstić information content (AvgIpc) is 3.07. The molecular weight excluding hydrogens is 346 g/mol. The fourth-order valence-electron chi connectivity index (χ4n) is 3.05. The molecule has 1 aromatic carbocycles. The number of amides is 1. The molecular formula is C18H20ClNO5. The van der Waals surface area contributed by atoms with Crippen molar-refractivity contribution < 1.29 is 19.1 Å². The van der Waals surface area contributed by atoms with E-state index in [2.05, 4.69) is 5.32 Å². The summed E-state index contributed by atoms with van der Waals surface area (Å²) < 4.78 is 11.0. The number of carbonyl (C=O) groups excluding carboxylic acids is 1. The van der Waals surface area contributed by atoms with Crippen LogP contribution in [0.2, 0.25) is 5.02 Å². The van der Waals surface area contributed by atoms with Gasteiger partial charge in [0.2, 0.25) is 0 Å². The van der Waals surface area contributed by atoms with Crippen LogP contribution in [-0.4, -0.2) is 30.3 Å². The molecule has 3 rings (SSSR count). The Bertz CT molecular complexity index is 861. The van der Waals surface area contributed by atoms with Crippen LogP contribution in [-0.2, 0) is 17.6 Å². The van der Waals surface area contributed by atoms with Crippen molar-refractivity contribution in [3.63, 3.8) is 0 Å². The summed E-state index contributed by atoms with van der Waals surface area (Å²) in [7, 11) is 0. The molecule has 0 saturated heterocycles. The molecule has 2 aromatic rings. The zero-order chi connectivity index (χ0) is 18.0. The van der Waals surface area contributed by atoms with Crippen LogP contribution in [0, 0.1) is 0 Å². The Hall–Kier alpha value is -2.05. The number of hydrogen-bond acceptors (Lipinski definition) is 5. The van der Waals surface area contributed by atoms with Gasteiger partial charge in [0.1, 0.15) is 11.3 Å². The Balaban J connectivity index is 1.85. The first-order chi connectivity index (χ1) is 12.0. The highest BCUT2D eigenvalue weighted by Crippen LogP contribution is 2.35. The Labute approximate surface area is 149 Å². The summed E-state index contributed by atoms with van der Waals surface area (Å²) >= 11 is 6.31. The highest BCUT2D eigenvalue weighted by atomic mass is 35.5.